The molecular formula is C14H13BrN2O5. The minimum Gasteiger partial charge on any atom is -0.481 e. The Kier molecular flexibility index (Phi) is 5.16. The number of aliphatic carboxylic acids is 1. The van der Waals surface area contributed by atoms with E-state index in [-0.39, 0.29) is 17.8 Å². The highest BCUT2D eigenvalue weighted by Gasteiger charge is 2.24. The van der Waals surface area contributed by atoms with Crippen LogP contribution in [-0.2, 0) is 4.79 Å². The van der Waals surface area contributed by atoms with Crippen molar-refractivity contribution in [2.45, 2.75) is 6.10 Å². The summed E-state index contributed by atoms with van der Waals surface area (Å²) in [6.07, 6.45) is -1.25. The van der Waals surface area contributed by atoms with Gasteiger partial charge in [0.25, 0.3) is 0 Å². The van der Waals surface area contributed by atoms with E-state index in [4.69, 9.17) is 14.2 Å². The molecule has 1 heterocycles. The predicted octanol–water partition coefficient (Wildman–Crippen LogP) is 2.46. The molecular weight excluding hydrogens is 356 g/mol. The van der Waals surface area contributed by atoms with Crippen LogP contribution in [0.3, 0.4) is 0 Å². The van der Waals surface area contributed by atoms with E-state index < -0.39 is 12.1 Å². The lowest BCUT2D eigenvalue weighted by atomic mass is 10.1. The van der Waals surface area contributed by atoms with Crippen LogP contribution in [0.4, 0.5) is 0 Å². The van der Waals surface area contributed by atoms with Gasteiger partial charge in [0.15, 0.2) is 0 Å². The molecule has 1 N–H and O–H groups in total. The Hall–Kier alpha value is -2.35. The highest BCUT2D eigenvalue weighted by atomic mass is 79.9. The highest BCUT2D eigenvalue weighted by Crippen LogP contribution is 2.25. The molecule has 0 spiro atoms. The second-order valence-electron chi connectivity index (χ2n) is 4.12. The van der Waals surface area contributed by atoms with Gasteiger partial charge in [0.05, 0.1) is 20.3 Å². The normalized spacial score (nSPS) is 11.6. The third-order valence-electron chi connectivity index (χ3n) is 2.70. The van der Waals surface area contributed by atoms with Gasteiger partial charge in [-0.1, -0.05) is 28.1 Å². The molecule has 1 aromatic carbocycles. The van der Waals surface area contributed by atoms with E-state index in [1.807, 2.05) is 0 Å². The molecule has 2 rings (SSSR count). The van der Waals surface area contributed by atoms with Crippen LogP contribution in [0.15, 0.2) is 34.8 Å². The van der Waals surface area contributed by atoms with Crippen LogP contribution in [0.25, 0.3) is 0 Å². The van der Waals surface area contributed by atoms with Crippen molar-refractivity contribution < 1.29 is 24.1 Å². The minimum atomic E-state index is -1.25. The lowest BCUT2D eigenvalue weighted by Crippen LogP contribution is -2.19. The fourth-order valence-corrected chi connectivity index (χ4v) is 1.91. The van der Waals surface area contributed by atoms with E-state index >= 15 is 0 Å². The van der Waals surface area contributed by atoms with Gasteiger partial charge in [-0.3, -0.25) is 0 Å². The quantitative estimate of drug-likeness (QED) is 0.836. The van der Waals surface area contributed by atoms with E-state index in [1.54, 1.807) is 24.3 Å². The molecule has 0 bridgehead atoms. The zero-order valence-electron chi connectivity index (χ0n) is 11.8. The van der Waals surface area contributed by atoms with Crippen LogP contribution in [0.1, 0.15) is 11.7 Å². The van der Waals surface area contributed by atoms with Crippen molar-refractivity contribution in [3.05, 3.63) is 40.4 Å². The molecule has 1 atom stereocenters. The largest absolute Gasteiger partial charge is 0.481 e. The average Bonchev–Trinajstić information content (AvgIpc) is 2.53. The van der Waals surface area contributed by atoms with Gasteiger partial charge in [0.1, 0.15) is 0 Å². The number of methoxy groups -OCH3 is 2. The average molecular weight is 369 g/mol. The van der Waals surface area contributed by atoms with Crippen LogP contribution >= 0.6 is 15.9 Å². The molecule has 7 nitrogen and oxygen atoms in total. The van der Waals surface area contributed by atoms with Gasteiger partial charge in [-0.2, -0.15) is 9.97 Å². The van der Waals surface area contributed by atoms with Crippen molar-refractivity contribution in [1.82, 2.24) is 9.97 Å². The molecule has 0 saturated heterocycles. The molecule has 0 aliphatic rings. The first-order chi connectivity index (χ1) is 10.5. The number of halogens is 1. The molecule has 1 aromatic heterocycles. The Balaban J connectivity index is 2.32. The van der Waals surface area contributed by atoms with Crippen molar-refractivity contribution in [2.24, 2.45) is 0 Å². The maximum absolute atomic E-state index is 11.4. The number of aromatic nitrogens is 2. The Bertz CT molecular complexity index is 641. The number of rotatable bonds is 6. The third kappa shape index (κ3) is 3.85. The van der Waals surface area contributed by atoms with E-state index in [0.29, 0.717) is 5.56 Å². The zero-order chi connectivity index (χ0) is 16.1. The summed E-state index contributed by atoms with van der Waals surface area (Å²) in [5.74, 6) is -0.740. The molecule has 2 aromatic rings. The Labute approximate surface area is 135 Å². The van der Waals surface area contributed by atoms with E-state index in [1.165, 1.54) is 20.3 Å². The number of nitrogens with zero attached hydrogens (tertiary/aromatic N) is 2. The summed E-state index contributed by atoms with van der Waals surface area (Å²) in [6, 6.07) is 8.04. The SMILES string of the molecule is COc1cc(OC)nc(OC(C(=O)O)c2ccc(Br)cc2)n1. The van der Waals surface area contributed by atoms with Gasteiger partial charge in [0, 0.05) is 10.0 Å². The second kappa shape index (κ2) is 7.08. The molecule has 22 heavy (non-hydrogen) atoms. The number of carboxylic acid groups (broad SMARTS) is 1. The number of carbonyl (C=O) groups is 1. The van der Waals surface area contributed by atoms with Crippen LogP contribution in [0, 0.1) is 0 Å². The fraction of sp³-hybridized carbons (Fsp3) is 0.214. The third-order valence-corrected chi connectivity index (χ3v) is 3.23. The molecule has 0 radical (unpaired) electrons. The fourth-order valence-electron chi connectivity index (χ4n) is 1.65. The Morgan fingerprint density at radius 1 is 1.14 bits per heavy atom. The predicted molar refractivity (Wildman–Crippen MR) is 80.3 cm³/mol. The maximum Gasteiger partial charge on any atom is 0.349 e. The molecule has 0 amide bonds. The van der Waals surface area contributed by atoms with E-state index in [9.17, 15) is 9.90 Å². The number of ether oxygens (including phenoxy) is 3. The van der Waals surface area contributed by atoms with Crippen LogP contribution in [0.5, 0.6) is 17.8 Å². The number of benzene rings is 1. The van der Waals surface area contributed by atoms with E-state index in [0.717, 1.165) is 4.47 Å². The van der Waals surface area contributed by atoms with Crippen molar-refractivity contribution in [3.63, 3.8) is 0 Å². The van der Waals surface area contributed by atoms with Gasteiger partial charge < -0.3 is 19.3 Å². The number of carboxylic acids is 1. The highest BCUT2D eigenvalue weighted by molar-refractivity contribution is 9.10. The van der Waals surface area contributed by atoms with E-state index in [2.05, 4.69) is 25.9 Å². The molecule has 0 aliphatic carbocycles. The molecule has 0 saturated carbocycles. The zero-order valence-corrected chi connectivity index (χ0v) is 13.4. The Morgan fingerprint density at radius 2 is 1.68 bits per heavy atom. The number of hydrogen-bond acceptors (Lipinski definition) is 6. The van der Waals surface area contributed by atoms with Gasteiger partial charge in [-0.05, 0) is 12.1 Å². The summed E-state index contributed by atoms with van der Waals surface area (Å²) >= 11 is 3.29. The van der Waals surface area contributed by atoms with Crippen molar-refractivity contribution in [2.75, 3.05) is 14.2 Å². The van der Waals surface area contributed by atoms with Crippen LogP contribution in [-0.4, -0.2) is 35.3 Å². The summed E-state index contributed by atoms with van der Waals surface area (Å²) in [6.45, 7) is 0. The smallest absolute Gasteiger partial charge is 0.349 e. The lowest BCUT2D eigenvalue weighted by Gasteiger charge is -2.15. The van der Waals surface area contributed by atoms with Gasteiger partial charge in [-0.15, -0.1) is 0 Å². The summed E-state index contributed by atoms with van der Waals surface area (Å²) in [5, 5.41) is 9.36. The van der Waals surface area contributed by atoms with Gasteiger partial charge in [-0.25, -0.2) is 4.79 Å². The molecule has 116 valence electrons. The topological polar surface area (TPSA) is 90.8 Å². The first kappa shape index (κ1) is 16.0. The minimum absolute atomic E-state index is 0.147. The summed E-state index contributed by atoms with van der Waals surface area (Å²) in [4.78, 5) is 19.4. The summed E-state index contributed by atoms with van der Waals surface area (Å²) in [5.41, 5.74) is 0.459. The van der Waals surface area contributed by atoms with Gasteiger partial charge in [0.2, 0.25) is 17.9 Å². The first-order valence-electron chi connectivity index (χ1n) is 6.15. The monoisotopic (exact) mass is 368 g/mol. The summed E-state index contributed by atoms with van der Waals surface area (Å²) in [7, 11) is 2.85. The standard InChI is InChI=1S/C14H13BrN2O5/c1-20-10-7-11(21-2)17-14(16-10)22-12(13(18)19)8-3-5-9(15)6-4-8/h3-7,12H,1-2H3,(H,18,19). The molecule has 8 heteroatoms. The van der Waals surface area contributed by atoms with Crippen molar-refractivity contribution in [3.8, 4) is 17.8 Å². The lowest BCUT2D eigenvalue weighted by molar-refractivity contribution is -0.145. The van der Waals surface area contributed by atoms with Gasteiger partial charge >= 0.3 is 12.0 Å². The maximum atomic E-state index is 11.4. The first-order valence-corrected chi connectivity index (χ1v) is 6.94. The van der Waals surface area contributed by atoms with Crippen LogP contribution in [0.2, 0.25) is 0 Å². The molecule has 0 fully saturated rings. The van der Waals surface area contributed by atoms with Crippen LogP contribution < -0.4 is 14.2 Å². The second-order valence-corrected chi connectivity index (χ2v) is 5.04. The molecule has 1 unspecified atom stereocenters. The number of hydrogen-bond donors (Lipinski definition) is 1. The summed E-state index contributed by atoms with van der Waals surface area (Å²) < 4.78 is 16.2. The van der Waals surface area contributed by atoms with Crippen molar-refractivity contribution in [1.29, 1.82) is 0 Å². The Morgan fingerprint density at radius 3 is 2.14 bits per heavy atom. The van der Waals surface area contributed by atoms with Crippen molar-refractivity contribution >= 4 is 21.9 Å². The molecule has 0 aliphatic heterocycles.